The average Bonchev–Trinajstić information content (AvgIpc) is 2.87. The van der Waals surface area contributed by atoms with Crippen LogP contribution in [0.15, 0.2) is 24.4 Å². The fourth-order valence-corrected chi connectivity index (χ4v) is 2.92. The minimum atomic E-state index is 0.123. The van der Waals surface area contributed by atoms with E-state index >= 15 is 0 Å². The summed E-state index contributed by atoms with van der Waals surface area (Å²) in [6.45, 7) is 12.2. The number of anilines is 1. The lowest BCUT2D eigenvalue weighted by molar-refractivity contribution is 0.340. The minimum Gasteiger partial charge on any atom is -0.494 e. The van der Waals surface area contributed by atoms with Gasteiger partial charge in [-0.25, -0.2) is 4.98 Å². The number of ether oxygens (including phenoxy) is 1. The van der Waals surface area contributed by atoms with Crippen LogP contribution in [-0.2, 0) is 12.0 Å². The molecular formula is C17H24N2OS. The number of aromatic nitrogens is 1. The van der Waals surface area contributed by atoms with Gasteiger partial charge < -0.3 is 10.1 Å². The van der Waals surface area contributed by atoms with Gasteiger partial charge in [-0.15, -0.1) is 11.3 Å². The monoisotopic (exact) mass is 304 g/mol. The number of thiazole rings is 1. The summed E-state index contributed by atoms with van der Waals surface area (Å²) < 4.78 is 5.51. The van der Waals surface area contributed by atoms with E-state index < -0.39 is 0 Å². The van der Waals surface area contributed by atoms with Crippen molar-refractivity contribution in [2.24, 2.45) is 0 Å². The average molecular weight is 304 g/mol. The van der Waals surface area contributed by atoms with Crippen molar-refractivity contribution >= 4 is 17.0 Å². The summed E-state index contributed by atoms with van der Waals surface area (Å²) in [7, 11) is 0. The number of nitrogens with zero attached hydrogens (tertiary/aromatic N) is 1. The van der Waals surface area contributed by atoms with E-state index in [4.69, 9.17) is 4.74 Å². The van der Waals surface area contributed by atoms with Gasteiger partial charge in [-0.05, 0) is 37.6 Å². The number of rotatable bonds is 5. The predicted octanol–water partition coefficient (Wildman–Crippen LogP) is 4.76. The van der Waals surface area contributed by atoms with E-state index in [1.165, 1.54) is 15.4 Å². The van der Waals surface area contributed by atoms with Crippen molar-refractivity contribution < 1.29 is 4.74 Å². The molecule has 0 atom stereocenters. The van der Waals surface area contributed by atoms with Crippen LogP contribution >= 0.6 is 11.3 Å². The van der Waals surface area contributed by atoms with Gasteiger partial charge in [0.25, 0.3) is 0 Å². The van der Waals surface area contributed by atoms with Crippen molar-refractivity contribution in [3.63, 3.8) is 0 Å². The number of hydrogen-bond donors (Lipinski definition) is 1. The highest BCUT2D eigenvalue weighted by Crippen LogP contribution is 2.28. The molecule has 0 aliphatic carbocycles. The van der Waals surface area contributed by atoms with Crippen molar-refractivity contribution in [1.82, 2.24) is 4.98 Å². The minimum absolute atomic E-state index is 0.123. The first-order chi connectivity index (χ1) is 9.90. The Morgan fingerprint density at radius 3 is 2.62 bits per heavy atom. The van der Waals surface area contributed by atoms with E-state index in [1.807, 2.05) is 19.2 Å². The molecule has 0 spiro atoms. The van der Waals surface area contributed by atoms with Gasteiger partial charge in [-0.2, -0.15) is 0 Å². The van der Waals surface area contributed by atoms with Crippen molar-refractivity contribution in [3.05, 3.63) is 39.8 Å². The van der Waals surface area contributed by atoms with Crippen LogP contribution in [0.5, 0.6) is 5.75 Å². The van der Waals surface area contributed by atoms with E-state index in [9.17, 15) is 0 Å². The lowest BCUT2D eigenvalue weighted by Crippen LogP contribution is -2.09. The predicted molar refractivity (Wildman–Crippen MR) is 90.5 cm³/mol. The first-order valence-corrected chi connectivity index (χ1v) is 8.14. The van der Waals surface area contributed by atoms with Crippen LogP contribution in [0.3, 0.4) is 0 Å². The molecule has 114 valence electrons. The van der Waals surface area contributed by atoms with Gasteiger partial charge in [0.1, 0.15) is 5.75 Å². The van der Waals surface area contributed by atoms with Crippen LogP contribution < -0.4 is 10.1 Å². The molecule has 4 heteroatoms. The third-order valence-electron chi connectivity index (χ3n) is 3.16. The molecule has 0 amide bonds. The molecule has 0 fully saturated rings. The molecule has 2 aromatic rings. The number of hydrogen-bond acceptors (Lipinski definition) is 4. The zero-order chi connectivity index (χ0) is 15.5. The molecule has 0 radical (unpaired) electrons. The van der Waals surface area contributed by atoms with E-state index in [2.05, 4.69) is 50.1 Å². The molecule has 21 heavy (non-hydrogen) atoms. The second kappa shape index (κ2) is 6.48. The maximum absolute atomic E-state index is 5.51. The van der Waals surface area contributed by atoms with Gasteiger partial charge in [0.05, 0.1) is 18.2 Å². The van der Waals surface area contributed by atoms with Gasteiger partial charge in [0.2, 0.25) is 0 Å². The molecule has 1 heterocycles. The van der Waals surface area contributed by atoms with Crippen LogP contribution in [0.4, 0.5) is 5.69 Å². The van der Waals surface area contributed by atoms with Crippen molar-refractivity contribution in [1.29, 1.82) is 0 Å². The lowest BCUT2D eigenvalue weighted by Gasteiger charge is -2.13. The molecule has 3 nitrogen and oxygen atoms in total. The Morgan fingerprint density at radius 2 is 2.05 bits per heavy atom. The summed E-state index contributed by atoms with van der Waals surface area (Å²) in [5.74, 6) is 0.924. The van der Waals surface area contributed by atoms with E-state index in [-0.39, 0.29) is 5.41 Å². The zero-order valence-electron chi connectivity index (χ0n) is 13.5. The van der Waals surface area contributed by atoms with Gasteiger partial charge in [0, 0.05) is 22.2 Å². The maximum Gasteiger partial charge on any atom is 0.119 e. The fourth-order valence-electron chi connectivity index (χ4n) is 2.01. The Hall–Kier alpha value is -1.55. The first kappa shape index (κ1) is 15.8. The standard InChI is InChI=1S/C17H24N2OS/c1-6-20-13-7-8-15(12(2)9-13)18-10-14-11-19-16(21-14)17(3,4)5/h7-9,11,18H,6,10H2,1-5H3. The fraction of sp³-hybridized carbons (Fsp3) is 0.471. The highest BCUT2D eigenvalue weighted by atomic mass is 32.1. The molecule has 0 bridgehead atoms. The second-order valence-electron chi connectivity index (χ2n) is 6.15. The third-order valence-corrected chi connectivity index (χ3v) is 4.58. The molecule has 2 rings (SSSR count). The third kappa shape index (κ3) is 4.21. The maximum atomic E-state index is 5.51. The van der Waals surface area contributed by atoms with E-state index in [0.29, 0.717) is 6.61 Å². The Balaban J connectivity index is 2.01. The molecule has 1 aromatic heterocycles. The molecule has 1 aromatic carbocycles. The molecule has 0 unspecified atom stereocenters. The van der Waals surface area contributed by atoms with Crippen LogP contribution in [0, 0.1) is 6.92 Å². The largest absolute Gasteiger partial charge is 0.494 e. The van der Waals surface area contributed by atoms with E-state index in [1.54, 1.807) is 11.3 Å². The SMILES string of the molecule is CCOc1ccc(NCc2cnc(C(C)(C)C)s2)c(C)c1. The molecule has 0 aliphatic rings. The highest BCUT2D eigenvalue weighted by molar-refractivity contribution is 7.11. The summed E-state index contributed by atoms with van der Waals surface area (Å²) in [6, 6.07) is 6.15. The number of benzene rings is 1. The smallest absolute Gasteiger partial charge is 0.119 e. The van der Waals surface area contributed by atoms with Crippen molar-refractivity contribution in [3.8, 4) is 5.75 Å². The van der Waals surface area contributed by atoms with E-state index in [0.717, 1.165) is 18.0 Å². The Kier molecular flexibility index (Phi) is 4.88. The second-order valence-corrected chi connectivity index (χ2v) is 7.26. The normalized spacial score (nSPS) is 11.5. The van der Waals surface area contributed by atoms with Crippen LogP contribution in [0.2, 0.25) is 0 Å². The molecule has 0 saturated carbocycles. The topological polar surface area (TPSA) is 34.1 Å². The van der Waals surface area contributed by atoms with Gasteiger partial charge in [-0.3, -0.25) is 0 Å². The first-order valence-electron chi connectivity index (χ1n) is 7.32. The summed E-state index contributed by atoms with van der Waals surface area (Å²) in [5.41, 5.74) is 2.46. The van der Waals surface area contributed by atoms with Crippen molar-refractivity contribution in [2.75, 3.05) is 11.9 Å². The molecule has 0 aliphatic heterocycles. The zero-order valence-corrected chi connectivity index (χ0v) is 14.3. The van der Waals surface area contributed by atoms with Crippen LogP contribution in [-0.4, -0.2) is 11.6 Å². The summed E-state index contributed by atoms with van der Waals surface area (Å²) >= 11 is 1.78. The Morgan fingerprint density at radius 1 is 1.29 bits per heavy atom. The van der Waals surface area contributed by atoms with Gasteiger partial charge >= 0.3 is 0 Å². The molecule has 1 N–H and O–H groups in total. The lowest BCUT2D eigenvalue weighted by atomic mass is 9.98. The Labute approximate surface area is 131 Å². The Bertz CT molecular complexity index is 599. The highest BCUT2D eigenvalue weighted by Gasteiger charge is 2.17. The molecule has 0 saturated heterocycles. The van der Waals surface area contributed by atoms with Gasteiger partial charge in [0.15, 0.2) is 0 Å². The molecular weight excluding hydrogens is 280 g/mol. The van der Waals surface area contributed by atoms with Gasteiger partial charge in [-0.1, -0.05) is 20.8 Å². The number of nitrogens with one attached hydrogen (secondary N) is 1. The number of aryl methyl sites for hydroxylation is 1. The summed E-state index contributed by atoms with van der Waals surface area (Å²) in [6.07, 6.45) is 1.97. The summed E-state index contributed by atoms with van der Waals surface area (Å²) in [5, 5.41) is 4.66. The van der Waals surface area contributed by atoms with Crippen LogP contribution in [0.1, 0.15) is 43.1 Å². The van der Waals surface area contributed by atoms with Crippen molar-refractivity contribution in [2.45, 2.75) is 46.6 Å². The van der Waals surface area contributed by atoms with Crippen LogP contribution in [0.25, 0.3) is 0 Å². The summed E-state index contributed by atoms with van der Waals surface area (Å²) in [4.78, 5) is 5.78. The quantitative estimate of drug-likeness (QED) is 0.864.